The van der Waals surface area contributed by atoms with E-state index in [0.717, 1.165) is 18.5 Å². The standard InChI is InChI=1S/C20H26ClNO/c1-20(2,3)22(4)13-12-17(15-8-6-5-7-9-15)18-14-16(21)10-11-19(18)23/h5-11,14,17,23H,12-13H2,1-4H3. The maximum atomic E-state index is 10.3. The smallest absolute Gasteiger partial charge is 0.119 e. The van der Waals surface area contributed by atoms with Gasteiger partial charge in [0, 0.05) is 22.0 Å². The number of hydrogen-bond acceptors (Lipinski definition) is 2. The molecule has 0 bridgehead atoms. The summed E-state index contributed by atoms with van der Waals surface area (Å²) in [6, 6.07) is 15.6. The fourth-order valence-electron chi connectivity index (χ4n) is 2.65. The highest BCUT2D eigenvalue weighted by Gasteiger charge is 2.22. The first-order valence-corrected chi connectivity index (χ1v) is 8.41. The zero-order valence-corrected chi connectivity index (χ0v) is 15.1. The zero-order chi connectivity index (χ0) is 17.0. The van der Waals surface area contributed by atoms with Crippen LogP contribution in [0.25, 0.3) is 0 Å². The van der Waals surface area contributed by atoms with Crippen molar-refractivity contribution < 1.29 is 5.11 Å². The van der Waals surface area contributed by atoms with Crippen molar-refractivity contribution >= 4 is 11.6 Å². The lowest BCUT2D eigenvalue weighted by atomic mass is 9.87. The summed E-state index contributed by atoms with van der Waals surface area (Å²) in [5.41, 5.74) is 2.22. The molecule has 0 saturated carbocycles. The topological polar surface area (TPSA) is 23.5 Å². The van der Waals surface area contributed by atoms with Crippen LogP contribution in [0.5, 0.6) is 5.75 Å². The summed E-state index contributed by atoms with van der Waals surface area (Å²) in [4.78, 5) is 2.34. The van der Waals surface area contributed by atoms with Crippen molar-refractivity contribution in [2.75, 3.05) is 13.6 Å². The molecule has 0 spiro atoms. The van der Waals surface area contributed by atoms with E-state index in [0.29, 0.717) is 10.8 Å². The van der Waals surface area contributed by atoms with Crippen LogP contribution in [0.4, 0.5) is 0 Å². The largest absolute Gasteiger partial charge is 0.508 e. The Balaban J connectivity index is 2.32. The molecule has 0 amide bonds. The van der Waals surface area contributed by atoms with Crippen LogP contribution in [-0.2, 0) is 0 Å². The van der Waals surface area contributed by atoms with Crippen molar-refractivity contribution in [3.63, 3.8) is 0 Å². The lowest BCUT2D eigenvalue weighted by molar-refractivity contribution is 0.171. The molecular formula is C20H26ClNO. The normalized spacial score (nSPS) is 13.3. The average molecular weight is 332 g/mol. The van der Waals surface area contributed by atoms with Crippen LogP contribution in [0.1, 0.15) is 44.2 Å². The van der Waals surface area contributed by atoms with Gasteiger partial charge in [-0.25, -0.2) is 0 Å². The van der Waals surface area contributed by atoms with E-state index < -0.39 is 0 Å². The van der Waals surface area contributed by atoms with Crippen molar-refractivity contribution in [1.29, 1.82) is 0 Å². The second kappa shape index (κ2) is 7.37. The number of benzene rings is 2. The molecule has 0 aromatic heterocycles. The van der Waals surface area contributed by atoms with Gasteiger partial charge in [0.25, 0.3) is 0 Å². The number of phenolic OH excluding ortho intramolecular Hbond substituents is 1. The summed E-state index contributed by atoms with van der Waals surface area (Å²) in [6.45, 7) is 7.57. The molecule has 3 heteroatoms. The molecule has 0 aliphatic carbocycles. The molecule has 0 heterocycles. The minimum Gasteiger partial charge on any atom is -0.508 e. The Morgan fingerprint density at radius 2 is 1.74 bits per heavy atom. The Morgan fingerprint density at radius 3 is 2.35 bits per heavy atom. The summed E-state index contributed by atoms with van der Waals surface area (Å²) < 4.78 is 0. The zero-order valence-electron chi connectivity index (χ0n) is 14.4. The molecule has 1 unspecified atom stereocenters. The lowest BCUT2D eigenvalue weighted by Gasteiger charge is -2.33. The molecule has 1 atom stereocenters. The second-order valence-electron chi connectivity index (χ2n) is 7.05. The molecule has 2 nitrogen and oxygen atoms in total. The van der Waals surface area contributed by atoms with Crippen molar-refractivity contribution in [3.05, 3.63) is 64.7 Å². The van der Waals surface area contributed by atoms with Crippen molar-refractivity contribution in [2.45, 2.75) is 38.6 Å². The Kier molecular flexibility index (Phi) is 5.72. The van der Waals surface area contributed by atoms with Crippen LogP contribution in [0, 0.1) is 0 Å². The second-order valence-corrected chi connectivity index (χ2v) is 7.48. The fraction of sp³-hybridized carbons (Fsp3) is 0.400. The first kappa shape index (κ1) is 17.8. The summed E-state index contributed by atoms with van der Waals surface area (Å²) in [7, 11) is 2.14. The van der Waals surface area contributed by atoms with Gasteiger partial charge in [0.2, 0.25) is 0 Å². The number of nitrogens with zero attached hydrogens (tertiary/aromatic N) is 1. The predicted molar refractivity (Wildman–Crippen MR) is 98.4 cm³/mol. The van der Waals surface area contributed by atoms with E-state index in [2.05, 4.69) is 44.9 Å². The molecule has 2 aromatic rings. The van der Waals surface area contributed by atoms with Gasteiger partial charge < -0.3 is 10.0 Å². The Labute approximate surface area is 144 Å². The van der Waals surface area contributed by atoms with Gasteiger partial charge in [0.15, 0.2) is 0 Å². The van der Waals surface area contributed by atoms with E-state index >= 15 is 0 Å². The molecule has 0 saturated heterocycles. The Bertz CT molecular complexity index is 634. The van der Waals surface area contributed by atoms with Gasteiger partial charge in [-0.05, 0) is 64.5 Å². The van der Waals surface area contributed by atoms with Gasteiger partial charge in [0.1, 0.15) is 5.75 Å². The molecule has 0 radical (unpaired) electrons. The van der Waals surface area contributed by atoms with Gasteiger partial charge in [0.05, 0.1) is 0 Å². The van der Waals surface area contributed by atoms with E-state index in [1.807, 2.05) is 24.3 Å². The molecule has 0 fully saturated rings. The minimum atomic E-state index is 0.123. The fourth-order valence-corrected chi connectivity index (χ4v) is 2.83. The Morgan fingerprint density at radius 1 is 1.09 bits per heavy atom. The average Bonchev–Trinajstić information content (AvgIpc) is 2.50. The third-order valence-electron chi connectivity index (χ3n) is 4.47. The van der Waals surface area contributed by atoms with Crippen LogP contribution in [0.15, 0.2) is 48.5 Å². The van der Waals surface area contributed by atoms with Crippen molar-refractivity contribution in [1.82, 2.24) is 4.90 Å². The highest BCUT2D eigenvalue weighted by Crippen LogP contribution is 2.36. The molecule has 23 heavy (non-hydrogen) atoms. The molecule has 0 aliphatic heterocycles. The monoisotopic (exact) mass is 331 g/mol. The van der Waals surface area contributed by atoms with Gasteiger partial charge in [-0.1, -0.05) is 41.9 Å². The molecule has 124 valence electrons. The highest BCUT2D eigenvalue weighted by molar-refractivity contribution is 6.30. The van der Waals surface area contributed by atoms with Gasteiger partial charge >= 0.3 is 0 Å². The summed E-state index contributed by atoms with van der Waals surface area (Å²) in [5, 5.41) is 11.0. The van der Waals surface area contributed by atoms with Gasteiger partial charge in [-0.15, -0.1) is 0 Å². The number of halogens is 1. The van der Waals surface area contributed by atoms with E-state index in [4.69, 9.17) is 11.6 Å². The number of phenols is 1. The molecule has 2 aromatic carbocycles. The third kappa shape index (κ3) is 4.73. The number of hydrogen-bond donors (Lipinski definition) is 1. The summed E-state index contributed by atoms with van der Waals surface area (Å²) >= 11 is 6.16. The van der Waals surface area contributed by atoms with Crippen molar-refractivity contribution in [2.24, 2.45) is 0 Å². The Hall–Kier alpha value is -1.51. The van der Waals surface area contributed by atoms with Crippen LogP contribution >= 0.6 is 11.6 Å². The summed E-state index contributed by atoms with van der Waals surface area (Å²) in [5.74, 6) is 0.432. The van der Waals surface area contributed by atoms with E-state index in [9.17, 15) is 5.11 Å². The molecule has 1 N–H and O–H groups in total. The number of rotatable bonds is 5. The van der Waals surface area contributed by atoms with Crippen LogP contribution < -0.4 is 0 Å². The maximum Gasteiger partial charge on any atom is 0.119 e. The van der Waals surface area contributed by atoms with Crippen LogP contribution in [-0.4, -0.2) is 29.1 Å². The van der Waals surface area contributed by atoms with Crippen LogP contribution in [0.3, 0.4) is 0 Å². The SMILES string of the molecule is CN(CCC(c1ccccc1)c1cc(Cl)ccc1O)C(C)(C)C. The minimum absolute atomic E-state index is 0.123. The molecular weight excluding hydrogens is 306 g/mol. The van der Waals surface area contributed by atoms with Crippen LogP contribution in [0.2, 0.25) is 5.02 Å². The molecule has 0 aliphatic rings. The first-order chi connectivity index (χ1) is 10.8. The van der Waals surface area contributed by atoms with Crippen molar-refractivity contribution in [3.8, 4) is 5.75 Å². The maximum absolute atomic E-state index is 10.3. The summed E-state index contributed by atoms with van der Waals surface area (Å²) in [6.07, 6.45) is 0.922. The van der Waals surface area contributed by atoms with Gasteiger partial charge in [-0.2, -0.15) is 0 Å². The first-order valence-electron chi connectivity index (χ1n) is 8.03. The number of aromatic hydroxyl groups is 1. The lowest BCUT2D eigenvalue weighted by Crippen LogP contribution is -2.39. The van der Waals surface area contributed by atoms with Gasteiger partial charge in [-0.3, -0.25) is 0 Å². The van der Waals surface area contributed by atoms with E-state index in [1.165, 1.54) is 5.56 Å². The predicted octanol–water partition coefficient (Wildman–Crippen LogP) is 5.30. The van der Waals surface area contributed by atoms with E-state index in [-0.39, 0.29) is 11.5 Å². The molecule has 2 rings (SSSR count). The quantitative estimate of drug-likeness (QED) is 0.803. The highest BCUT2D eigenvalue weighted by atomic mass is 35.5. The van der Waals surface area contributed by atoms with E-state index in [1.54, 1.807) is 12.1 Å². The third-order valence-corrected chi connectivity index (χ3v) is 4.70.